The van der Waals surface area contributed by atoms with Crippen LogP contribution in [0.5, 0.6) is 0 Å². The normalized spacial score (nSPS) is 12.3. The molecule has 1 aromatic rings. The number of nitrogens with zero attached hydrogens (tertiary/aromatic N) is 1. The van der Waals surface area contributed by atoms with Gasteiger partial charge in [-0.05, 0) is 25.7 Å². The number of carbonyl (C=O) groups excluding carboxylic acids is 1. The molecule has 0 aliphatic heterocycles. The first-order valence-corrected chi connectivity index (χ1v) is 5.84. The van der Waals surface area contributed by atoms with E-state index in [1.54, 1.807) is 6.08 Å². The van der Waals surface area contributed by atoms with E-state index in [9.17, 15) is 4.79 Å². The summed E-state index contributed by atoms with van der Waals surface area (Å²) in [7, 11) is 3.96. The van der Waals surface area contributed by atoms with Crippen molar-refractivity contribution in [2.45, 2.75) is 13.8 Å². The standard InChI is InChI=1S/C15H21NO/c1-15(2,12-16(3)4)14(17)11-10-13-8-6-5-7-9-13/h5-11H,12H2,1-4H3. The van der Waals surface area contributed by atoms with Crippen molar-refractivity contribution < 1.29 is 4.79 Å². The Morgan fingerprint density at radius 1 is 1.24 bits per heavy atom. The summed E-state index contributed by atoms with van der Waals surface area (Å²) in [6.07, 6.45) is 3.55. The summed E-state index contributed by atoms with van der Waals surface area (Å²) in [5.74, 6) is 0.162. The van der Waals surface area contributed by atoms with Gasteiger partial charge in [0.2, 0.25) is 0 Å². The highest BCUT2D eigenvalue weighted by molar-refractivity contribution is 5.97. The SMILES string of the molecule is CN(C)CC(C)(C)C(=O)C=Cc1ccccc1. The Bertz CT molecular complexity index is 391. The third kappa shape index (κ3) is 4.53. The van der Waals surface area contributed by atoms with E-state index in [1.165, 1.54) is 0 Å². The van der Waals surface area contributed by atoms with E-state index >= 15 is 0 Å². The Labute approximate surface area is 104 Å². The lowest BCUT2D eigenvalue weighted by Gasteiger charge is -2.25. The first-order valence-electron chi connectivity index (χ1n) is 5.84. The molecule has 0 spiro atoms. The summed E-state index contributed by atoms with van der Waals surface area (Å²) >= 11 is 0. The van der Waals surface area contributed by atoms with Gasteiger partial charge in [-0.25, -0.2) is 0 Å². The Morgan fingerprint density at radius 2 is 1.82 bits per heavy atom. The second kappa shape index (κ2) is 5.78. The average Bonchev–Trinajstić information content (AvgIpc) is 2.25. The molecule has 0 aliphatic rings. The summed E-state index contributed by atoms with van der Waals surface area (Å²) in [5, 5.41) is 0. The molecule has 0 bridgehead atoms. The second-order valence-electron chi connectivity index (χ2n) is 5.23. The van der Waals surface area contributed by atoms with E-state index in [1.807, 2.05) is 69.3 Å². The maximum absolute atomic E-state index is 12.1. The van der Waals surface area contributed by atoms with Crippen LogP contribution in [0.3, 0.4) is 0 Å². The van der Waals surface area contributed by atoms with Crippen LogP contribution in [0.4, 0.5) is 0 Å². The van der Waals surface area contributed by atoms with Crippen LogP contribution < -0.4 is 0 Å². The predicted octanol–water partition coefficient (Wildman–Crippen LogP) is 2.86. The van der Waals surface area contributed by atoms with Gasteiger partial charge in [-0.2, -0.15) is 0 Å². The molecule has 0 fully saturated rings. The Morgan fingerprint density at radius 3 is 2.35 bits per heavy atom. The zero-order valence-electron chi connectivity index (χ0n) is 11.1. The largest absolute Gasteiger partial charge is 0.308 e. The molecule has 17 heavy (non-hydrogen) atoms. The van der Waals surface area contributed by atoms with Crippen LogP contribution in [0.15, 0.2) is 36.4 Å². The fourth-order valence-corrected chi connectivity index (χ4v) is 1.83. The third-order valence-corrected chi connectivity index (χ3v) is 2.61. The molecule has 92 valence electrons. The molecule has 0 aliphatic carbocycles. The number of hydrogen-bond donors (Lipinski definition) is 0. The maximum atomic E-state index is 12.1. The van der Waals surface area contributed by atoms with Crippen molar-refractivity contribution in [3.63, 3.8) is 0 Å². The van der Waals surface area contributed by atoms with Crippen molar-refractivity contribution in [3.05, 3.63) is 42.0 Å². The minimum absolute atomic E-state index is 0.162. The molecule has 1 rings (SSSR count). The summed E-state index contributed by atoms with van der Waals surface area (Å²) in [5.41, 5.74) is 0.718. The molecule has 2 nitrogen and oxygen atoms in total. The second-order valence-corrected chi connectivity index (χ2v) is 5.23. The fourth-order valence-electron chi connectivity index (χ4n) is 1.83. The smallest absolute Gasteiger partial charge is 0.162 e. The molecule has 1 aromatic carbocycles. The number of hydrogen-bond acceptors (Lipinski definition) is 2. The zero-order valence-corrected chi connectivity index (χ0v) is 11.1. The number of allylic oxidation sites excluding steroid dienone is 1. The van der Waals surface area contributed by atoms with Crippen molar-refractivity contribution >= 4 is 11.9 Å². The number of benzene rings is 1. The monoisotopic (exact) mass is 231 g/mol. The van der Waals surface area contributed by atoms with Crippen molar-refractivity contribution in [1.82, 2.24) is 4.90 Å². The minimum Gasteiger partial charge on any atom is -0.308 e. The van der Waals surface area contributed by atoms with Crippen LogP contribution in [-0.2, 0) is 4.79 Å². The fraction of sp³-hybridized carbons (Fsp3) is 0.400. The Kier molecular flexibility index (Phi) is 4.64. The summed E-state index contributed by atoms with van der Waals surface area (Å²) in [4.78, 5) is 14.1. The number of rotatable bonds is 5. The van der Waals surface area contributed by atoms with E-state index in [2.05, 4.69) is 0 Å². The maximum Gasteiger partial charge on any atom is 0.162 e. The summed E-state index contributed by atoms with van der Waals surface area (Å²) in [6.45, 7) is 4.71. The van der Waals surface area contributed by atoms with Gasteiger partial charge >= 0.3 is 0 Å². The average molecular weight is 231 g/mol. The van der Waals surface area contributed by atoms with E-state index in [0.717, 1.165) is 12.1 Å². The quantitative estimate of drug-likeness (QED) is 0.726. The van der Waals surface area contributed by atoms with Crippen LogP contribution in [0, 0.1) is 5.41 Å². The molecule has 0 N–H and O–H groups in total. The first kappa shape index (κ1) is 13.7. The van der Waals surface area contributed by atoms with Gasteiger partial charge in [0.15, 0.2) is 5.78 Å². The Hall–Kier alpha value is -1.41. The molecular weight excluding hydrogens is 210 g/mol. The summed E-state index contributed by atoms with van der Waals surface area (Å²) in [6, 6.07) is 9.88. The van der Waals surface area contributed by atoms with Crippen molar-refractivity contribution in [2.24, 2.45) is 5.41 Å². The third-order valence-electron chi connectivity index (χ3n) is 2.61. The van der Waals surface area contributed by atoms with E-state index in [0.29, 0.717) is 0 Å². The van der Waals surface area contributed by atoms with Crippen LogP contribution >= 0.6 is 0 Å². The zero-order chi connectivity index (χ0) is 12.9. The first-order chi connectivity index (χ1) is 7.92. The van der Waals surface area contributed by atoms with Gasteiger partial charge in [0.05, 0.1) is 0 Å². The predicted molar refractivity (Wildman–Crippen MR) is 72.8 cm³/mol. The van der Waals surface area contributed by atoms with E-state index < -0.39 is 0 Å². The Balaban J connectivity index is 2.69. The van der Waals surface area contributed by atoms with E-state index in [-0.39, 0.29) is 11.2 Å². The topological polar surface area (TPSA) is 20.3 Å². The molecule has 2 heteroatoms. The van der Waals surface area contributed by atoms with Crippen molar-refractivity contribution in [2.75, 3.05) is 20.6 Å². The molecule has 0 saturated heterocycles. The molecule has 0 saturated carbocycles. The number of carbonyl (C=O) groups is 1. The molecule has 0 amide bonds. The molecule has 0 radical (unpaired) electrons. The van der Waals surface area contributed by atoms with Gasteiger partial charge < -0.3 is 4.90 Å². The molecule has 0 aromatic heterocycles. The van der Waals surface area contributed by atoms with Crippen molar-refractivity contribution in [1.29, 1.82) is 0 Å². The molecule has 0 heterocycles. The number of ketones is 1. The van der Waals surface area contributed by atoms with Gasteiger partial charge in [-0.15, -0.1) is 0 Å². The van der Waals surface area contributed by atoms with Crippen LogP contribution in [-0.4, -0.2) is 31.3 Å². The highest BCUT2D eigenvalue weighted by Crippen LogP contribution is 2.18. The van der Waals surface area contributed by atoms with E-state index in [4.69, 9.17) is 0 Å². The van der Waals surface area contributed by atoms with Crippen LogP contribution in [0.25, 0.3) is 6.08 Å². The van der Waals surface area contributed by atoms with Gasteiger partial charge in [-0.1, -0.05) is 50.3 Å². The van der Waals surface area contributed by atoms with Gasteiger partial charge in [0.1, 0.15) is 0 Å². The molecule has 0 atom stereocenters. The van der Waals surface area contributed by atoms with Gasteiger partial charge in [-0.3, -0.25) is 4.79 Å². The van der Waals surface area contributed by atoms with Gasteiger partial charge in [0.25, 0.3) is 0 Å². The minimum atomic E-state index is -0.339. The van der Waals surface area contributed by atoms with Crippen molar-refractivity contribution in [3.8, 4) is 0 Å². The molecular formula is C15H21NO. The summed E-state index contributed by atoms with van der Waals surface area (Å²) < 4.78 is 0. The van der Waals surface area contributed by atoms with Gasteiger partial charge in [0, 0.05) is 12.0 Å². The lowest BCUT2D eigenvalue weighted by atomic mass is 9.87. The van der Waals surface area contributed by atoms with Crippen LogP contribution in [0.2, 0.25) is 0 Å². The highest BCUT2D eigenvalue weighted by atomic mass is 16.1. The lowest BCUT2D eigenvalue weighted by Crippen LogP contribution is -2.34. The van der Waals surface area contributed by atoms with Crippen LogP contribution in [0.1, 0.15) is 19.4 Å². The highest BCUT2D eigenvalue weighted by Gasteiger charge is 2.25. The lowest BCUT2D eigenvalue weighted by molar-refractivity contribution is -0.122. The molecule has 0 unspecified atom stereocenters.